The van der Waals surface area contributed by atoms with Gasteiger partial charge in [-0.15, -0.1) is 11.3 Å². The molecule has 0 radical (unpaired) electrons. The van der Waals surface area contributed by atoms with E-state index in [0.717, 1.165) is 5.01 Å². The van der Waals surface area contributed by atoms with Crippen LogP contribution in [-0.4, -0.2) is 22.4 Å². The summed E-state index contributed by atoms with van der Waals surface area (Å²) in [7, 11) is 0. The summed E-state index contributed by atoms with van der Waals surface area (Å²) in [5.41, 5.74) is 5.66. The van der Waals surface area contributed by atoms with Gasteiger partial charge in [-0.2, -0.15) is 0 Å². The summed E-state index contributed by atoms with van der Waals surface area (Å²) in [6, 6.07) is 3.49. The third kappa shape index (κ3) is 3.66. The van der Waals surface area contributed by atoms with Gasteiger partial charge >= 0.3 is 0 Å². The Labute approximate surface area is 127 Å². The van der Waals surface area contributed by atoms with Gasteiger partial charge in [0.1, 0.15) is 10.7 Å². The topological polar surface area (TPSA) is 80.9 Å². The largest absolute Gasteiger partial charge is 0.339 e. The van der Waals surface area contributed by atoms with E-state index in [9.17, 15) is 4.79 Å². The van der Waals surface area contributed by atoms with Gasteiger partial charge in [-0.3, -0.25) is 4.79 Å². The van der Waals surface area contributed by atoms with E-state index in [2.05, 4.69) is 27.1 Å². The van der Waals surface area contributed by atoms with Crippen molar-refractivity contribution in [2.24, 2.45) is 5.73 Å². The van der Waals surface area contributed by atoms with Crippen LogP contribution in [0.3, 0.4) is 0 Å². The highest BCUT2D eigenvalue weighted by Crippen LogP contribution is 2.22. The van der Waals surface area contributed by atoms with E-state index in [4.69, 9.17) is 5.73 Å². The number of carbonyl (C=O) groups is 1. The normalized spacial score (nSPS) is 10.6. The summed E-state index contributed by atoms with van der Waals surface area (Å²) in [6.45, 7) is 4.04. The molecule has 0 fully saturated rings. The van der Waals surface area contributed by atoms with Crippen LogP contribution in [0.4, 0.5) is 0 Å². The van der Waals surface area contributed by atoms with Gasteiger partial charge in [-0.1, -0.05) is 11.8 Å². The van der Waals surface area contributed by atoms with E-state index >= 15 is 0 Å². The monoisotopic (exact) mass is 300 g/mol. The predicted octanol–water partition coefficient (Wildman–Crippen LogP) is 1.51. The lowest BCUT2D eigenvalue weighted by molar-refractivity contribution is 0.0906. The van der Waals surface area contributed by atoms with Crippen molar-refractivity contribution in [1.29, 1.82) is 0 Å². The van der Waals surface area contributed by atoms with Gasteiger partial charge in [0.25, 0.3) is 5.91 Å². The van der Waals surface area contributed by atoms with Crippen LogP contribution < -0.4 is 11.1 Å². The first-order valence-corrected chi connectivity index (χ1v) is 7.29. The van der Waals surface area contributed by atoms with E-state index in [1.54, 1.807) is 24.5 Å². The Bertz CT molecular complexity index is 683. The van der Waals surface area contributed by atoms with E-state index in [0.29, 0.717) is 11.3 Å². The summed E-state index contributed by atoms with van der Waals surface area (Å²) in [5.74, 6) is 5.32. The molecule has 2 heterocycles. The van der Waals surface area contributed by atoms with E-state index < -0.39 is 5.54 Å². The van der Waals surface area contributed by atoms with E-state index in [1.165, 1.54) is 11.3 Å². The van der Waals surface area contributed by atoms with E-state index in [-0.39, 0.29) is 12.5 Å². The molecule has 0 saturated heterocycles. The van der Waals surface area contributed by atoms with Gasteiger partial charge in [0.2, 0.25) is 0 Å². The molecule has 0 aromatic carbocycles. The molecule has 1 amide bonds. The van der Waals surface area contributed by atoms with Gasteiger partial charge < -0.3 is 11.1 Å². The summed E-state index contributed by atoms with van der Waals surface area (Å²) in [5, 5.41) is 5.65. The molecule has 5 nitrogen and oxygen atoms in total. The molecule has 2 rings (SSSR count). The molecule has 0 unspecified atom stereocenters. The summed E-state index contributed by atoms with van der Waals surface area (Å²) >= 11 is 1.49. The summed E-state index contributed by atoms with van der Waals surface area (Å²) in [6.07, 6.45) is 3.28. The number of nitrogens with two attached hydrogens (primary N) is 1. The zero-order chi connectivity index (χ0) is 15.3. The van der Waals surface area contributed by atoms with Crippen molar-refractivity contribution >= 4 is 17.2 Å². The van der Waals surface area contributed by atoms with Crippen molar-refractivity contribution in [2.75, 3.05) is 6.54 Å². The molecule has 2 aromatic heterocycles. The molecule has 0 aliphatic rings. The number of hydrogen-bond donors (Lipinski definition) is 2. The van der Waals surface area contributed by atoms with Gasteiger partial charge in [0.05, 0.1) is 17.6 Å². The number of thiazole rings is 1. The number of nitrogens with one attached hydrogen (secondary N) is 1. The first-order valence-electron chi connectivity index (χ1n) is 6.41. The van der Waals surface area contributed by atoms with Gasteiger partial charge in [-0.05, 0) is 26.0 Å². The van der Waals surface area contributed by atoms with Gasteiger partial charge in [0.15, 0.2) is 0 Å². The highest BCUT2D eigenvalue weighted by molar-refractivity contribution is 7.09. The number of carbonyl (C=O) groups excluding carboxylic acids is 1. The molecule has 0 saturated carbocycles. The molecular weight excluding hydrogens is 284 g/mol. The van der Waals surface area contributed by atoms with E-state index in [1.807, 2.05) is 19.2 Å². The van der Waals surface area contributed by atoms with Crippen LogP contribution in [0, 0.1) is 11.8 Å². The lowest BCUT2D eigenvalue weighted by Gasteiger charge is -2.23. The summed E-state index contributed by atoms with van der Waals surface area (Å²) < 4.78 is 0. The number of hydrogen-bond acceptors (Lipinski definition) is 5. The Balaban J connectivity index is 2.25. The molecule has 2 aromatic rings. The predicted molar refractivity (Wildman–Crippen MR) is 82.8 cm³/mol. The zero-order valence-electron chi connectivity index (χ0n) is 11.9. The minimum Gasteiger partial charge on any atom is -0.339 e. The Morgan fingerprint density at radius 2 is 2.24 bits per heavy atom. The zero-order valence-corrected chi connectivity index (χ0v) is 12.7. The number of nitrogens with zero attached hydrogens (tertiary/aromatic N) is 2. The van der Waals surface area contributed by atoms with Crippen molar-refractivity contribution in [3.05, 3.63) is 46.2 Å². The minimum atomic E-state index is -0.568. The van der Waals surface area contributed by atoms with Crippen LogP contribution in [0.2, 0.25) is 0 Å². The SMILES string of the molecule is CC(C)(NC(=O)c1ncccc1C#CCN)c1nccs1. The average Bonchev–Trinajstić information content (AvgIpc) is 3.00. The number of pyridine rings is 1. The Morgan fingerprint density at radius 1 is 1.43 bits per heavy atom. The number of amides is 1. The van der Waals surface area contributed by atoms with Crippen LogP contribution in [0.1, 0.15) is 34.9 Å². The highest BCUT2D eigenvalue weighted by Gasteiger charge is 2.27. The second-order valence-electron chi connectivity index (χ2n) is 4.82. The molecule has 6 heteroatoms. The smallest absolute Gasteiger partial charge is 0.271 e. The molecule has 0 spiro atoms. The molecule has 0 bridgehead atoms. The Hall–Kier alpha value is -2.23. The third-order valence-electron chi connectivity index (χ3n) is 2.74. The minimum absolute atomic E-state index is 0.237. The van der Waals surface area contributed by atoms with Crippen LogP contribution in [0.15, 0.2) is 29.9 Å². The molecular formula is C15H16N4OS. The number of rotatable bonds is 3. The van der Waals surface area contributed by atoms with Crippen LogP contribution in [0.5, 0.6) is 0 Å². The standard InChI is InChI=1S/C15H16N4OS/c1-15(2,14-18-9-10-21-14)19-13(20)12-11(5-3-7-16)6-4-8-17-12/h4,6,8-10H,7,16H2,1-2H3,(H,19,20). The Kier molecular flexibility index (Phi) is 4.68. The first kappa shape index (κ1) is 15.2. The van der Waals surface area contributed by atoms with Crippen molar-refractivity contribution in [3.63, 3.8) is 0 Å². The van der Waals surface area contributed by atoms with Crippen molar-refractivity contribution < 1.29 is 4.79 Å². The van der Waals surface area contributed by atoms with Gasteiger partial charge in [0, 0.05) is 17.8 Å². The van der Waals surface area contributed by atoms with Crippen molar-refractivity contribution in [1.82, 2.24) is 15.3 Å². The lowest BCUT2D eigenvalue weighted by Crippen LogP contribution is -2.41. The van der Waals surface area contributed by atoms with Crippen LogP contribution >= 0.6 is 11.3 Å². The first-order chi connectivity index (χ1) is 10.0. The fraction of sp³-hybridized carbons (Fsp3) is 0.267. The molecule has 0 atom stereocenters. The van der Waals surface area contributed by atoms with Crippen LogP contribution in [-0.2, 0) is 5.54 Å². The highest BCUT2D eigenvalue weighted by atomic mass is 32.1. The molecule has 0 aliphatic carbocycles. The van der Waals surface area contributed by atoms with Crippen molar-refractivity contribution in [2.45, 2.75) is 19.4 Å². The number of aromatic nitrogens is 2. The maximum Gasteiger partial charge on any atom is 0.271 e. The molecule has 0 aliphatic heterocycles. The Morgan fingerprint density at radius 3 is 2.90 bits per heavy atom. The van der Waals surface area contributed by atoms with Crippen LogP contribution in [0.25, 0.3) is 0 Å². The maximum absolute atomic E-state index is 12.4. The fourth-order valence-electron chi connectivity index (χ4n) is 1.76. The molecule has 108 valence electrons. The lowest BCUT2D eigenvalue weighted by atomic mass is 10.1. The quantitative estimate of drug-likeness (QED) is 0.842. The van der Waals surface area contributed by atoms with Gasteiger partial charge in [-0.25, -0.2) is 9.97 Å². The molecule has 3 N–H and O–H groups in total. The maximum atomic E-state index is 12.4. The average molecular weight is 300 g/mol. The summed E-state index contributed by atoms with van der Waals surface area (Å²) in [4.78, 5) is 20.8. The second-order valence-corrected chi connectivity index (χ2v) is 5.72. The third-order valence-corrected chi connectivity index (χ3v) is 3.84. The molecule has 21 heavy (non-hydrogen) atoms. The fourth-order valence-corrected chi connectivity index (χ4v) is 2.48. The second kappa shape index (κ2) is 6.48. The van der Waals surface area contributed by atoms with Crippen molar-refractivity contribution in [3.8, 4) is 11.8 Å².